The number of ketones is 1. The molecule has 158 valence electrons. The Balaban J connectivity index is 1.86. The summed E-state index contributed by atoms with van der Waals surface area (Å²) >= 11 is 0. The molecular weight excluding hydrogens is 398 g/mol. The lowest BCUT2D eigenvalue weighted by Crippen LogP contribution is -2.29. The van der Waals surface area contributed by atoms with E-state index in [1.807, 2.05) is 30.3 Å². The Bertz CT molecular complexity index is 1130. The Morgan fingerprint density at radius 2 is 1.74 bits per heavy atom. The number of aliphatic hydroxyl groups is 1. The van der Waals surface area contributed by atoms with E-state index in [-0.39, 0.29) is 17.9 Å². The van der Waals surface area contributed by atoms with Crippen molar-refractivity contribution in [2.45, 2.75) is 12.6 Å². The van der Waals surface area contributed by atoms with Gasteiger partial charge in [0.05, 0.1) is 38.6 Å². The number of hydrogen-bond acceptors (Lipinski definition) is 6. The number of methoxy groups -OCH3 is 2. The molecule has 2 heterocycles. The summed E-state index contributed by atoms with van der Waals surface area (Å²) in [5.74, 6) is -0.325. The second-order valence-corrected chi connectivity index (χ2v) is 6.99. The number of furan rings is 1. The Morgan fingerprint density at radius 3 is 2.39 bits per heavy atom. The Kier molecular flexibility index (Phi) is 5.49. The van der Waals surface area contributed by atoms with Crippen molar-refractivity contribution in [2.24, 2.45) is 0 Å². The minimum atomic E-state index is -0.764. The van der Waals surface area contributed by atoms with E-state index in [1.165, 1.54) is 25.4 Å². The van der Waals surface area contributed by atoms with Crippen LogP contribution >= 0.6 is 0 Å². The molecular formula is C24H21NO6. The largest absolute Gasteiger partial charge is 0.507 e. The van der Waals surface area contributed by atoms with Crippen LogP contribution in [0.2, 0.25) is 0 Å². The van der Waals surface area contributed by atoms with E-state index in [9.17, 15) is 14.7 Å². The van der Waals surface area contributed by atoms with Gasteiger partial charge in [-0.3, -0.25) is 9.59 Å². The molecule has 2 aromatic carbocycles. The van der Waals surface area contributed by atoms with Gasteiger partial charge < -0.3 is 23.9 Å². The first-order valence-corrected chi connectivity index (χ1v) is 9.63. The lowest BCUT2D eigenvalue weighted by Gasteiger charge is -2.24. The van der Waals surface area contributed by atoms with Gasteiger partial charge in [-0.2, -0.15) is 0 Å². The van der Waals surface area contributed by atoms with Crippen molar-refractivity contribution in [1.82, 2.24) is 4.90 Å². The number of amides is 1. The van der Waals surface area contributed by atoms with Gasteiger partial charge in [-0.1, -0.05) is 30.3 Å². The number of carbonyl (C=O) groups excluding carboxylic acids is 2. The molecule has 1 amide bonds. The summed E-state index contributed by atoms with van der Waals surface area (Å²) < 4.78 is 15.9. The quantitative estimate of drug-likeness (QED) is 0.370. The fourth-order valence-electron chi connectivity index (χ4n) is 3.73. The SMILES string of the molecule is COc1ccc(/C(O)=C2/C(=O)C(=O)N(Cc3ccco3)C2c2ccccc2)cc1OC. The number of hydrogen-bond donors (Lipinski definition) is 1. The van der Waals surface area contributed by atoms with Crippen molar-refractivity contribution in [3.05, 3.63) is 89.4 Å². The van der Waals surface area contributed by atoms with Crippen LogP contribution in [-0.4, -0.2) is 35.9 Å². The minimum absolute atomic E-state index is 0.00924. The summed E-state index contributed by atoms with van der Waals surface area (Å²) in [4.78, 5) is 27.4. The highest BCUT2D eigenvalue weighted by atomic mass is 16.5. The highest BCUT2D eigenvalue weighted by Gasteiger charge is 2.46. The molecule has 1 aliphatic heterocycles. The average Bonchev–Trinajstić information content (AvgIpc) is 3.41. The fourth-order valence-corrected chi connectivity index (χ4v) is 3.73. The Labute approximate surface area is 179 Å². The number of aliphatic hydroxyl groups excluding tert-OH is 1. The second kappa shape index (κ2) is 8.39. The Morgan fingerprint density at radius 1 is 1.00 bits per heavy atom. The zero-order valence-corrected chi connectivity index (χ0v) is 17.1. The topological polar surface area (TPSA) is 89.2 Å². The zero-order chi connectivity index (χ0) is 22.0. The number of likely N-dealkylation sites (tertiary alicyclic amines) is 1. The van der Waals surface area contributed by atoms with Crippen LogP contribution in [0.15, 0.2) is 76.9 Å². The van der Waals surface area contributed by atoms with Gasteiger partial charge in [-0.05, 0) is 35.9 Å². The second-order valence-electron chi connectivity index (χ2n) is 6.99. The molecule has 4 rings (SSSR count). The lowest BCUT2D eigenvalue weighted by molar-refractivity contribution is -0.140. The van der Waals surface area contributed by atoms with Gasteiger partial charge in [-0.15, -0.1) is 0 Å². The first kappa shape index (κ1) is 20.3. The Hall–Kier alpha value is -4.00. The van der Waals surface area contributed by atoms with Crippen LogP contribution in [0.5, 0.6) is 11.5 Å². The first-order chi connectivity index (χ1) is 15.0. The molecule has 0 bridgehead atoms. The summed E-state index contributed by atoms with van der Waals surface area (Å²) in [6, 6.07) is 16.6. The van der Waals surface area contributed by atoms with E-state index in [0.29, 0.717) is 28.4 Å². The molecule has 0 saturated carbocycles. The lowest BCUT2D eigenvalue weighted by atomic mass is 9.95. The van der Waals surface area contributed by atoms with Crippen LogP contribution in [0, 0.1) is 0 Å². The fraction of sp³-hybridized carbons (Fsp3) is 0.167. The molecule has 7 heteroatoms. The van der Waals surface area contributed by atoms with Crippen LogP contribution in [0.4, 0.5) is 0 Å². The maximum Gasteiger partial charge on any atom is 0.296 e. The minimum Gasteiger partial charge on any atom is -0.507 e. The summed E-state index contributed by atoms with van der Waals surface area (Å²) in [7, 11) is 2.99. The molecule has 1 N–H and O–H groups in total. The summed E-state index contributed by atoms with van der Waals surface area (Å²) in [5.41, 5.74) is 1.06. The molecule has 1 atom stereocenters. The standard InChI is InChI=1S/C24H21NO6/c1-29-18-11-10-16(13-19(18)30-2)22(26)20-21(15-7-4-3-5-8-15)25(24(28)23(20)27)14-17-9-6-12-31-17/h3-13,21,26H,14H2,1-2H3/b22-20-. The highest BCUT2D eigenvalue weighted by molar-refractivity contribution is 6.46. The maximum atomic E-state index is 13.0. The van der Waals surface area contributed by atoms with Crippen LogP contribution < -0.4 is 9.47 Å². The van der Waals surface area contributed by atoms with Crippen LogP contribution in [-0.2, 0) is 16.1 Å². The molecule has 1 aromatic heterocycles. The number of Topliss-reactive ketones (excluding diaryl/α,β-unsaturated/α-hetero) is 1. The van der Waals surface area contributed by atoms with Gasteiger partial charge in [0.15, 0.2) is 11.5 Å². The van der Waals surface area contributed by atoms with Crippen molar-refractivity contribution in [1.29, 1.82) is 0 Å². The van der Waals surface area contributed by atoms with E-state index < -0.39 is 17.7 Å². The van der Waals surface area contributed by atoms with Gasteiger partial charge in [0.2, 0.25) is 0 Å². The number of carbonyl (C=O) groups is 2. The zero-order valence-electron chi connectivity index (χ0n) is 17.1. The molecule has 0 spiro atoms. The smallest absolute Gasteiger partial charge is 0.296 e. The average molecular weight is 419 g/mol. The van der Waals surface area contributed by atoms with Crippen molar-refractivity contribution in [3.8, 4) is 11.5 Å². The van der Waals surface area contributed by atoms with Crippen molar-refractivity contribution in [2.75, 3.05) is 14.2 Å². The van der Waals surface area contributed by atoms with Crippen LogP contribution in [0.1, 0.15) is 22.9 Å². The van der Waals surface area contributed by atoms with Crippen molar-refractivity contribution in [3.63, 3.8) is 0 Å². The molecule has 1 unspecified atom stereocenters. The third kappa shape index (κ3) is 3.66. The number of nitrogens with zero attached hydrogens (tertiary/aromatic N) is 1. The summed E-state index contributed by atoms with van der Waals surface area (Å²) in [6.07, 6.45) is 1.51. The highest BCUT2D eigenvalue weighted by Crippen LogP contribution is 2.41. The molecule has 0 radical (unpaired) electrons. The van der Waals surface area contributed by atoms with Gasteiger partial charge >= 0.3 is 0 Å². The first-order valence-electron chi connectivity index (χ1n) is 9.63. The third-order valence-corrected chi connectivity index (χ3v) is 5.22. The molecule has 1 fully saturated rings. The molecule has 31 heavy (non-hydrogen) atoms. The number of benzene rings is 2. The van der Waals surface area contributed by atoms with Crippen LogP contribution in [0.25, 0.3) is 5.76 Å². The molecule has 1 saturated heterocycles. The van der Waals surface area contributed by atoms with E-state index in [2.05, 4.69) is 0 Å². The van der Waals surface area contributed by atoms with Gasteiger partial charge in [0.1, 0.15) is 11.5 Å². The summed E-state index contributed by atoms with van der Waals surface area (Å²) in [6.45, 7) is 0.0971. The maximum absolute atomic E-state index is 13.0. The number of rotatable bonds is 6. The molecule has 3 aromatic rings. The predicted octanol–water partition coefficient (Wildman–Crippen LogP) is 3.92. The molecule has 1 aliphatic rings. The third-order valence-electron chi connectivity index (χ3n) is 5.22. The van der Waals surface area contributed by atoms with E-state index in [4.69, 9.17) is 13.9 Å². The van der Waals surface area contributed by atoms with Gasteiger partial charge in [0.25, 0.3) is 11.7 Å². The van der Waals surface area contributed by atoms with E-state index >= 15 is 0 Å². The monoisotopic (exact) mass is 419 g/mol. The van der Waals surface area contributed by atoms with Crippen LogP contribution in [0.3, 0.4) is 0 Å². The normalized spacial score (nSPS) is 17.7. The summed E-state index contributed by atoms with van der Waals surface area (Å²) in [5, 5.41) is 11.1. The van der Waals surface area contributed by atoms with Gasteiger partial charge in [0, 0.05) is 5.56 Å². The molecule has 7 nitrogen and oxygen atoms in total. The van der Waals surface area contributed by atoms with Crippen molar-refractivity contribution >= 4 is 17.4 Å². The van der Waals surface area contributed by atoms with E-state index in [0.717, 1.165) is 0 Å². The van der Waals surface area contributed by atoms with Gasteiger partial charge in [-0.25, -0.2) is 0 Å². The number of ether oxygens (including phenoxy) is 2. The van der Waals surface area contributed by atoms with E-state index in [1.54, 1.807) is 30.3 Å². The molecule has 0 aliphatic carbocycles. The predicted molar refractivity (Wildman–Crippen MR) is 113 cm³/mol. The van der Waals surface area contributed by atoms with Crippen molar-refractivity contribution < 1.29 is 28.6 Å².